The van der Waals surface area contributed by atoms with Crippen LogP contribution >= 0.6 is 0 Å². The summed E-state index contributed by atoms with van der Waals surface area (Å²) in [4.78, 5) is 4.80. The number of nitrogens with one attached hydrogen (secondary N) is 1. The summed E-state index contributed by atoms with van der Waals surface area (Å²) < 4.78 is 0. The monoisotopic (exact) mass is 362 g/mol. The predicted molar refractivity (Wildman–Crippen MR) is 120 cm³/mol. The van der Waals surface area contributed by atoms with Crippen LogP contribution in [-0.4, -0.2) is 11.5 Å². The average molecular weight is 363 g/mol. The van der Waals surface area contributed by atoms with Crippen LogP contribution in [0.25, 0.3) is 21.8 Å². The molecule has 0 amide bonds. The van der Waals surface area contributed by atoms with Gasteiger partial charge in [0, 0.05) is 17.3 Å². The lowest BCUT2D eigenvalue weighted by Gasteiger charge is -2.13. The molecule has 2 heteroatoms. The molecular formula is C25H34N2. The molecule has 144 valence electrons. The smallest absolute Gasteiger partial charge is 0.0730 e. The molecule has 0 fully saturated rings. The highest BCUT2D eigenvalue weighted by molar-refractivity contribution is 6.07. The number of nitrogens with zero attached hydrogens (tertiary/aromatic N) is 1. The van der Waals surface area contributed by atoms with E-state index in [0.29, 0.717) is 0 Å². The fourth-order valence-corrected chi connectivity index (χ4v) is 3.86. The van der Waals surface area contributed by atoms with Crippen molar-refractivity contribution < 1.29 is 0 Å². The molecule has 0 spiro atoms. The summed E-state index contributed by atoms with van der Waals surface area (Å²) in [6.45, 7) is 3.32. The zero-order valence-corrected chi connectivity index (χ0v) is 16.8. The maximum Gasteiger partial charge on any atom is 0.0730 e. The molecule has 0 aliphatic heterocycles. The van der Waals surface area contributed by atoms with E-state index in [1.54, 1.807) is 0 Å². The normalized spacial score (nSPS) is 11.3. The van der Waals surface area contributed by atoms with Gasteiger partial charge < -0.3 is 5.32 Å². The van der Waals surface area contributed by atoms with Crippen molar-refractivity contribution in [3.63, 3.8) is 0 Å². The van der Waals surface area contributed by atoms with Gasteiger partial charge in [0.2, 0.25) is 0 Å². The number of hydrogen-bond donors (Lipinski definition) is 1. The largest absolute Gasteiger partial charge is 0.384 e. The molecule has 0 radical (unpaired) electrons. The average Bonchev–Trinajstić information content (AvgIpc) is 2.71. The third kappa shape index (κ3) is 5.69. The van der Waals surface area contributed by atoms with Crippen LogP contribution in [0.2, 0.25) is 0 Å². The molecule has 3 aromatic rings. The number of anilines is 1. The van der Waals surface area contributed by atoms with Gasteiger partial charge in [-0.3, -0.25) is 0 Å². The second-order valence-electron chi connectivity index (χ2n) is 7.63. The number of para-hydroxylation sites is 2. The summed E-state index contributed by atoms with van der Waals surface area (Å²) in [5.41, 5.74) is 3.38. The van der Waals surface area contributed by atoms with Crippen LogP contribution in [0.4, 0.5) is 5.69 Å². The highest BCUT2D eigenvalue weighted by Crippen LogP contribution is 2.30. The first-order chi connectivity index (χ1) is 13.4. The van der Waals surface area contributed by atoms with E-state index < -0.39 is 0 Å². The molecule has 0 atom stereocenters. The Bertz CT molecular complexity index is 771. The minimum Gasteiger partial charge on any atom is -0.384 e. The van der Waals surface area contributed by atoms with Crippen LogP contribution in [-0.2, 0) is 0 Å². The van der Waals surface area contributed by atoms with Crippen molar-refractivity contribution in [2.45, 2.75) is 71.1 Å². The van der Waals surface area contributed by atoms with E-state index in [0.717, 1.165) is 17.6 Å². The van der Waals surface area contributed by atoms with Crippen LogP contribution in [0.5, 0.6) is 0 Å². The van der Waals surface area contributed by atoms with Crippen molar-refractivity contribution in [1.29, 1.82) is 0 Å². The van der Waals surface area contributed by atoms with Crippen molar-refractivity contribution in [3.8, 4) is 0 Å². The van der Waals surface area contributed by atoms with Crippen molar-refractivity contribution in [1.82, 2.24) is 4.98 Å². The first kappa shape index (κ1) is 19.7. The molecule has 0 unspecified atom stereocenters. The lowest BCUT2D eigenvalue weighted by Crippen LogP contribution is -2.03. The van der Waals surface area contributed by atoms with Gasteiger partial charge in [0.15, 0.2) is 0 Å². The number of unbranched alkanes of at least 4 members (excludes halogenated alkanes) is 9. The third-order valence-corrected chi connectivity index (χ3v) is 5.42. The van der Waals surface area contributed by atoms with E-state index in [9.17, 15) is 0 Å². The number of fused-ring (bicyclic) bond motifs is 2. The van der Waals surface area contributed by atoms with Crippen molar-refractivity contribution in [2.24, 2.45) is 0 Å². The Hall–Kier alpha value is -2.09. The summed E-state index contributed by atoms with van der Waals surface area (Å²) >= 11 is 0. The maximum absolute atomic E-state index is 4.80. The second-order valence-corrected chi connectivity index (χ2v) is 7.63. The Labute approximate surface area is 164 Å². The maximum atomic E-state index is 4.80. The zero-order valence-electron chi connectivity index (χ0n) is 16.8. The molecule has 0 saturated heterocycles. The highest BCUT2D eigenvalue weighted by atomic mass is 14.9. The minimum atomic E-state index is 1.04. The van der Waals surface area contributed by atoms with Crippen LogP contribution in [0.1, 0.15) is 71.1 Å². The Kier molecular flexibility index (Phi) is 7.95. The SMILES string of the molecule is CCCCCCCCCCCCNc1c2ccccc2nc2ccccc12. The van der Waals surface area contributed by atoms with Gasteiger partial charge in [0.05, 0.1) is 16.7 Å². The van der Waals surface area contributed by atoms with Gasteiger partial charge in [-0.1, -0.05) is 101 Å². The van der Waals surface area contributed by atoms with Gasteiger partial charge in [-0.2, -0.15) is 0 Å². The summed E-state index contributed by atoms with van der Waals surface area (Å²) in [5, 5.41) is 6.17. The first-order valence-electron chi connectivity index (χ1n) is 10.9. The van der Waals surface area contributed by atoms with Gasteiger partial charge in [0.1, 0.15) is 0 Å². The number of hydrogen-bond acceptors (Lipinski definition) is 2. The van der Waals surface area contributed by atoms with Crippen LogP contribution in [0, 0.1) is 0 Å². The Balaban J connectivity index is 1.46. The zero-order chi connectivity index (χ0) is 18.7. The summed E-state index contributed by atoms with van der Waals surface area (Å²) in [5.74, 6) is 0. The lowest BCUT2D eigenvalue weighted by molar-refractivity contribution is 0.560. The lowest BCUT2D eigenvalue weighted by atomic mass is 10.1. The fourth-order valence-electron chi connectivity index (χ4n) is 3.86. The van der Waals surface area contributed by atoms with Crippen LogP contribution in [0.3, 0.4) is 0 Å². The standard InChI is InChI=1S/C25H34N2/c1-2-3-4-5-6-7-8-9-10-15-20-26-25-21-16-11-13-18-23(21)27-24-19-14-12-17-22(24)25/h11-14,16-19H,2-10,15,20H2,1H3,(H,26,27). The van der Waals surface area contributed by atoms with Crippen molar-refractivity contribution in [2.75, 3.05) is 11.9 Å². The van der Waals surface area contributed by atoms with E-state index in [1.165, 1.54) is 80.7 Å². The van der Waals surface area contributed by atoms with Crippen LogP contribution in [0.15, 0.2) is 48.5 Å². The summed E-state index contributed by atoms with van der Waals surface area (Å²) in [6.07, 6.45) is 13.8. The number of pyridine rings is 1. The molecule has 2 nitrogen and oxygen atoms in total. The van der Waals surface area contributed by atoms with E-state index >= 15 is 0 Å². The minimum absolute atomic E-state index is 1.04. The van der Waals surface area contributed by atoms with E-state index in [1.807, 2.05) is 0 Å². The third-order valence-electron chi connectivity index (χ3n) is 5.42. The number of benzene rings is 2. The number of aromatic nitrogens is 1. The quantitative estimate of drug-likeness (QED) is 0.263. The first-order valence-corrected chi connectivity index (χ1v) is 10.9. The van der Waals surface area contributed by atoms with Gasteiger partial charge in [0.25, 0.3) is 0 Å². The van der Waals surface area contributed by atoms with Gasteiger partial charge in [-0.15, -0.1) is 0 Å². The molecular weight excluding hydrogens is 328 g/mol. The summed E-state index contributed by atoms with van der Waals surface area (Å²) in [7, 11) is 0. The number of rotatable bonds is 12. The van der Waals surface area contributed by atoms with Crippen molar-refractivity contribution >= 4 is 27.5 Å². The predicted octanol–water partition coefficient (Wildman–Crippen LogP) is 7.72. The summed E-state index contributed by atoms with van der Waals surface area (Å²) in [6, 6.07) is 16.9. The Morgan fingerprint density at radius 2 is 1.11 bits per heavy atom. The Morgan fingerprint density at radius 3 is 1.67 bits per heavy atom. The molecule has 1 N–H and O–H groups in total. The molecule has 1 heterocycles. The fraction of sp³-hybridized carbons (Fsp3) is 0.480. The molecule has 0 saturated carbocycles. The van der Waals surface area contributed by atoms with Crippen molar-refractivity contribution in [3.05, 3.63) is 48.5 Å². The molecule has 0 aliphatic carbocycles. The van der Waals surface area contributed by atoms with Gasteiger partial charge in [-0.25, -0.2) is 4.98 Å². The molecule has 0 aliphatic rings. The molecule has 1 aromatic heterocycles. The molecule has 27 heavy (non-hydrogen) atoms. The topological polar surface area (TPSA) is 24.9 Å². The Morgan fingerprint density at radius 1 is 0.630 bits per heavy atom. The van der Waals surface area contributed by atoms with Gasteiger partial charge >= 0.3 is 0 Å². The second kappa shape index (κ2) is 10.9. The van der Waals surface area contributed by atoms with Crippen LogP contribution < -0.4 is 5.32 Å². The van der Waals surface area contributed by atoms with Gasteiger partial charge in [-0.05, 0) is 18.6 Å². The van der Waals surface area contributed by atoms with E-state index in [2.05, 4.69) is 60.8 Å². The van der Waals surface area contributed by atoms with E-state index in [4.69, 9.17) is 4.98 Å². The van der Waals surface area contributed by atoms with E-state index in [-0.39, 0.29) is 0 Å². The molecule has 3 rings (SSSR count). The molecule has 2 aromatic carbocycles. The molecule has 0 bridgehead atoms. The highest BCUT2D eigenvalue weighted by Gasteiger charge is 2.07.